The van der Waals surface area contributed by atoms with Crippen molar-refractivity contribution in [2.45, 2.75) is 19.9 Å². The van der Waals surface area contributed by atoms with Gasteiger partial charge in [0.1, 0.15) is 5.70 Å². The predicted octanol–water partition coefficient (Wildman–Crippen LogP) is -1.13. The smallest absolute Gasteiger partial charge is 0.273 e. The molecule has 68 valence electrons. The van der Waals surface area contributed by atoms with Gasteiger partial charge in [0.2, 0.25) is 0 Å². The first kappa shape index (κ1) is 8.86. The Balaban J connectivity index is 2.80. The molecule has 0 aromatic heterocycles. The first-order valence-electron chi connectivity index (χ1n) is 3.84. The number of amides is 1. The first-order valence-corrected chi connectivity index (χ1v) is 3.84. The van der Waals surface area contributed by atoms with Gasteiger partial charge in [0.15, 0.2) is 0 Å². The summed E-state index contributed by atoms with van der Waals surface area (Å²) in [7, 11) is 0. The zero-order valence-corrected chi connectivity index (χ0v) is 7.29. The van der Waals surface area contributed by atoms with Crippen LogP contribution >= 0.6 is 0 Å². The topological polar surface area (TPSA) is 84.4 Å². The van der Waals surface area contributed by atoms with Crippen molar-refractivity contribution in [1.29, 1.82) is 0 Å². The Hall–Kier alpha value is -1.23. The molecule has 1 rings (SSSR count). The van der Waals surface area contributed by atoms with Gasteiger partial charge in [-0.05, 0) is 13.8 Å². The van der Waals surface area contributed by atoms with Crippen LogP contribution in [0.15, 0.2) is 11.4 Å². The summed E-state index contributed by atoms with van der Waals surface area (Å²) in [5.74, 6) is 5.02. The van der Waals surface area contributed by atoms with Crippen LogP contribution in [0, 0.1) is 0 Å². The highest BCUT2D eigenvalue weighted by Crippen LogP contribution is 2.14. The van der Waals surface area contributed by atoms with Crippen LogP contribution in [0.2, 0.25) is 0 Å². The van der Waals surface area contributed by atoms with E-state index < -0.39 is 0 Å². The second-order valence-electron chi connectivity index (χ2n) is 3.07. The molecule has 0 unspecified atom stereocenters. The number of hydrazine groups is 1. The quantitative estimate of drug-likeness (QED) is 0.361. The Morgan fingerprint density at radius 2 is 2.17 bits per heavy atom. The number of nitrogens with zero attached hydrogens (tertiary/aromatic N) is 1. The van der Waals surface area contributed by atoms with Crippen molar-refractivity contribution in [3.8, 4) is 0 Å². The molecule has 1 aliphatic heterocycles. The summed E-state index contributed by atoms with van der Waals surface area (Å²) in [6.45, 7) is 4.34. The van der Waals surface area contributed by atoms with Gasteiger partial charge in [0, 0.05) is 6.04 Å². The molecule has 0 fully saturated rings. The molecule has 0 atom stereocenters. The van der Waals surface area contributed by atoms with Gasteiger partial charge in [0.25, 0.3) is 5.91 Å². The van der Waals surface area contributed by atoms with E-state index in [0.717, 1.165) is 0 Å². The molecule has 0 aromatic rings. The van der Waals surface area contributed by atoms with E-state index in [2.05, 4.69) is 5.43 Å². The standard InChI is InChI=1S/C7H14N4O/c1-4(2)11-3-5(8)6(10-9)7(11)12/h4,10H,3,8-9H2,1-2H3. The maximum Gasteiger partial charge on any atom is 0.273 e. The molecule has 0 aliphatic carbocycles. The molecule has 0 saturated heterocycles. The summed E-state index contributed by atoms with van der Waals surface area (Å²) in [6, 6.07) is 0.155. The van der Waals surface area contributed by atoms with Gasteiger partial charge < -0.3 is 16.1 Å². The minimum atomic E-state index is -0.120. The monoisotopic (exact) mass is 170 g/mol. The van der Waals surface area contributed by atoms with Gasteiger partial charge in [0.05, 0.1) is 12.2 Å². The van der Waals surface area contributed by atoms with Crippen molar-refractivity contribution in [2.24, 2.45) is 11.6 Å². The highest BCUT2D eigenvalue weighted by molar-refractivity contribution is 5.96. The van der Waals surface area contributed by atoms with Crippen molar-refractivity contribution < 1.29 is 4.79 Å². The lowest BCUT2D eigenvalue weighted by atomic mass is 10.3. The van der Waals surface area contributed by atoms with Crippen LogP contribution in [0.3, 0.4) is 0 Å². The van der Waals surface area contributed by atoms with Gasteiger partial charge in [-0.25, -0.2) is 0 Å². The largest absolute Gasteiger partial charge is 0.399 e. The Labute approximate surface area is 71.4 Å². The second-order valence-corrected chi connectivity index (χ2v) is 3.07. The van der Waals surface area contributed by atoms with E-state index in [1.807, 2.05) is 13.8 Å². The summed E-state index contributed by atoms with van der Waals surface area (Å²) in [6.07, 6.45) is 0. The van der Waals surface area contributed by atoms with Gasteiger partial charge in [-0.1, -0.05) is 0 Å². The predicted molar refractivity (Wildman–Crippen MR) is 45.4 cm³/mol. The minimum absolute atomic E-state index is 0.120. The summed E-state index contributed by atoms with van der Waals surface area (Å²) in [5.41, 5.74) is 8.73. The molecule has 1 heterocycles. The Bertz CT molecular complexity index is 234. The van der Waals surface area contributed by atoms with Crippen LogP contribution in [0.4, 0.5) is 0 Å². The van der Waals surface area contributed by atoms with Crippen LogP contribution in [-0.2, 0) is 4.79 Å². The molecule has 1 amide bonds. The number of hydrogen-bond acceptors (Lipinski definition) is 4. The summed E-state index contributed by atoms with van der Waals surface area (Å²) >= 11 is 0. The highest BCUT2D eigenvalue weighted by atomic mass is 16.2. The van der Waals surface area contributed by atoms with E-state index in [9.17, 15) is 4.79 Å². The number of hydrogen-bond donors (Lipinski definition) is 3. The Morgan fingerprint density at radius 1 is 1.58 bits per heavy atom. The van der Waals surface area contributed by atoms with Crippen LogP contribution in [-0.4, -0.2) is 23.4 Å². The molecular weight excluding hydrogens is 156 g/mol. The molecule has 12 heavy (non-hydrogen) atoms. The van der Waals surface area contributed by atoms with Crippen molar-refractivity contribution in [1.82, 2.24) is 10.3 Å². The van der Waals surface area contributed by atoms with Crippen LogP contribution in [0.1, 0.15) is 13.8 Å². The molecule has 5 N–H and O–H groups in total. The third-order valence-corrected chi connectivity index (χ3v) is 1.90. The number of carbonyl (C=O) groups is 1. The Kier molecular flexibility index (Phi) is 2.23. The second kappa shape index (κ2) is 3.02. The number of carbonyl (C=O) groups excluding carboxylic acids is 1. The molecule has 0 spiro atoms. The third-order valence-electron chi connectivity index (χ3n) is 1.90. The normalized spacial score (nSPS) is 18.0. The lowest BCUT2D eigenvalue weighted by Crippen LogP contribution is -2.37. The lowest BCUT2D eigenvalue weighted by molar-refractivity contribution is -0.127. The zero-order chi connectivity index (χ0) is 9.30. The molecule has 5 heteroatoms. The van der Waals surface area contributed by atoms with E-state index in [1.165, 1.54) is 0 Å². The van der Waals surface area contributed by atoms with Crippen molar-refractivity contribution >= 4 is 5.91 Å². The van der Waals surface area contributed by atoms with Crippen LogP contribution < -0.4 is 17.0 Å². The van der Waals surface area contributed by atoms with Crippen molar-refractivity contribution in [3.05, 3.63) is 11.4 Å². The summed E-state index contributed by atoms with van der Waals surface area (Å²) in [4.78, 5) is 13.1. The van der Waals surface area contributed by atoms with Crippen molar-refractivity contribution in [2.75, 3.05) is 6.54 Å². The summed E-state index contributed by atoms with van der Waals surface area (Å²) in [5, 5.41) is 0. The molecule has 5 nitrogen and oxygen atoms in total. The zero-order valence-electron chi connectivity index (χ0n) is 7.29. The fourth-order valence-electron chi connectivity index (χ4n) is 1.19. The number of rotatable bonds is 2. The highest BCUT2D eigenvalue weighted by Gasteiger charge is 2.29. The van der Waals surface area contributed by atoms with Gasteiger partial charge in [-0.3, -0.25) is 10.6 Å². The lowest BCUT2D eigenvalue weighted by Gasteiger charge is -2.20. The molecule has 1 aliphatic rings. The molecule has 0 aromatic carbocycles. The van der Waals surface area contributed by atoms with Crippen LogP contribution in [0.5, 0.6) is 0 Å². The van der Waals surface area contributed by atoms with Gasteiger partial charge in [-0.15, -0.1) is 0 Å². The number of nitrogens with two attached hydrogens (primary N) is 2. The fourth-order valence-corrected chi connectivity index (χ4v) is 1.19. The van der Waals surface area contributed by atoms with Gasteiger partial charge in [-0.2, -0.15) is 0 Å². The maximum absolute atomic E-state index is 11.4. The van der Waals surface area contributed by atoms with E-state index in [4.69, 9.17) is 11.6 Å². The van der Waals surface area contributed by atoms with Crippen molar-refractivity contribution in [3.63, 3.8) is 0 Å². The molecule has 0 saturated carbocycles. The van der Waals surface area contributed by atoms with Crippen LogP contribution in [0.25, 0.3) is 0 Å². The maximum atomic E-state index is 11.4. The molecule has 0 bridgehead atoms. The fraction of sp³-hybridized carbons (Fsp3) is 0.571. The van der Waals surface area contributed by atoms with E-state index >= 15 is 0 Å². The minimum Gasteiger partial charge on any atom is -0.399 e. The van der Waals surface area contributed by atoms with E-state index in [1.54, 1.807) is 4.90 Å². The average Bonchev–Trinajstić information content (AvgIpc) is 2.27. The SMILES string of the molecule is CC(C)N1CC(N)=C(NN)C1=O. The van der Waals surface area contributed by atoms with E-state index in [-0.39, 0.29) is 11.9 Å². The number of nitrogens with one attached hydrogen (secondary N) is 1. The molecular formula is C7H14N4O. The average molecular weight is 170 g/mol. The van der Waals surface area contributed by atoms with E-state index in [0.29, 0.717) is 17.9 Å². The Morgan fingerprint density at radius 3 is 2.42 bits per heavy atom. The first-order chi connectivity index (χ1) is 5.57. The third kappa shape index (κ3) is 1.23. The van der Waals surface area contributed by atoms with Gasteiger partial charge >= 0.3 is 0 Å². The molecule has 0 radical (unpaired) electrons. The summed E-state index contributed by atoms with van der Waals surface area (Å²) < 4.78 is 0.